The van der Waals surface area contributed by atoms with Crippen molar-refractivity contribution in [1.29, 1.82) is 0 Å². The highest BCUT2D eigenvalue weighted by Gasteiger charge is 2.09. The molecule has 2 aromatic rings. The summed E-state index contributed by atoms with van der Waals surface area (Å²) in [6.07, 6.45) is 7.08. The van der Waals surface area contributed by atoms with Crippen molar-refractivity contribution < 1.29 is 14.3 Å². The van der Waals surface area contributed by atoms with Gasteiger partial charge in [0.05, 0.1) is 7.11 Å². The van der Waals surface area contributed by atoms with Gasteiger partial charge in [-0.25, -0.2) is 0 Å². The zero-order chi connectivity index (χ0) is 17.2. The third-order valence-electron chi connectivity index (χ3n) is 3.57. The van der Waals surface area contributed by atoms with Crippen molar-refractivity contribution in [3.05, 3.63) is 48.3 Å². The van der Waals surface area contributed by atoms with E-state index in [2.05, 4.69) is 17.2 Å². The molecule has 5 nitrogen and oxygen atoms in total. The molecule has 2 rings (SSSR count). The summed E-state index contributed by atoms with van der Waals surface area (Å²) in [5.41, 5.74) is 1.67. The lowest BCUT2D eigenvalue weighted by molar-refractivity contribution is -0.116. The fourth-order valence-corrected chi connectivity index (χ4v) is 2.27. The number of amides is 1. The SMILES string of the molecule is CCCCCC(=O)Nc1ccc(OC)c(OCc2cccnc2)c1. The molecule has 1 N–H and O–H groups in total. The molecule has 0 aliphatic rings. The smallest absolute Gasteiger partial charge is 0.224 e. The topological polar surface area (TPSA) is 60.5 Å². The molecule has 0 aliphatic heterocycles. The monoisotopic (exact) mass is 328 g/mol. The molecule has 0 saturated heterocycles. The normalized spacial score (nSPS) is 10.2. The lowest BCUT2D eigenvalue weighted by Crippen LogP contribution is -2.11. The second kappa shape index (κ2) is 9.55. The van der Waals surface area contributed by atoms with Crippen LogP contribution in [0.3, 0.4) is 0 Å². The maximum absolute atomic E-state index is 11.9. The molecule has 0 saturated carbocycles. The Hall–Kier alpha value is -2.56. The molecular weight excluding hydrogens is 304 g/mol. The van der Waals surface area contributed by atoms with Gasteiger partial charge in [-0.1, -0.05) is 25.8 Å². The van der Waals surface area contributed by atoms with Gasteiger partial charge in [0.15, 0.2) is 11.5 Å². The van der Waals surface area contributed by atoms with Gasteiger partial charge in [0.2, 0.25) is 5.91 Å². The number of hydrogen-bond donors (Lipinski definition) is 1. The summed E-state index contributed by atoms with van der Waals surface area (Å²) < 4.78 is 11.1. The second-order valence-electron chi connectivity index (χ2n) is 5.52. The first-order chi connectivity index (χ1) is 11.7. The van der Waals surface area contributed by atoms with Crippen LogP contribution in [0.4, 0.5) is 5.69 Å². The Morgan fingerprint density at radius 3 is 2.79 bits per heavy atom. The summed E-state index contributed by atoms with van der Waals surface area (Å²) >= 11 is 0. The lowest BCUT2D eigenvalue weighted by atomic mass is 10.2. The van der Waals surface area contributed by atoms with E-state index in [1.807, 2.05) is 18.2 Å². The summed E-state index contributed by atoms with van der Waals surface area (Å²) in [6, 6.07) is 9.20. The average molecular weight is 328 g/mol. The molecule has 0 unspecified atom stereocenters. The van der Waals surface area contributed by atoms with E-state index in [0.29, 0.717) is 30.2 Å². The molecule has 0 bridgehead atoms. The van der Waals surface area contributed by atoms with Crippen molar-refractivity contribution in [2.45, 2.75) is 39.2 Å². The van der Waals surface area contributed by atoms with E-state index >= 15 is 0 Å². The minimum Gasteiger partial charge on any atom is -0.493 e. The van der Waals surface area contributed by atoms with Crippen LogP contribution in [0.15, 0.2) is 42.7 Å². The number of pyridine rings is 1. The molecule has 1 heterocycles. The number of unbranched alkanes of at least 4 members (excludes halogenated alkanes) is 2. The molecule has 0 spiro atoms. The number of carbonyl (C=O) groups is 1. The van der Waals surface area contributed by atoms with Crippen LogP contribution in [0.25, 0.3) is 0 Å². The van der Waals surface area contributed by atoms with Gasteiger partial charge >= 0.3 is 0 Å². The molecule has 128 valence electrons. The number of ether oxygens (including phenoxy) is 2. The third-order valence-corrected chi connectivity index (χ3v) is 3.57. The molecule has 1 aromatic carbocycles. The van der Waals surface area contributed by atoms with Gasteiger partial charge in [0, 0.05) is 36.1 Å². The molecule has 24 heavy (non-hydrogen) atoms. The zero-order valence-electron chi connectivity index (χ0n) is 14.2. The Labute approximate surface area is 143 Å². The molecule has 1 aromatic heterocycles. The number of nitrogens with zero attached hydrogens (tertiary/aromatic N) is 1. The summed E-state index contributed by atoms with van der Waals surface area (Å²) in [5, 5.41) is 2.90. The van der Waals surface area contributed by atoms with Crippen molar-refractivity contribution in [2.24, 2.45) is 0 Å². The minimum atomic E-state index is 0.0202. The van der Waals surface area contributed by atoms with Crippen LogP contribution in [0.2, 0.25) is 0 Å². The molecule has 0 radical (unpaired) electrons. The highest BCUT2D eigenvalue weighted by molar-refractivity contribution is 5.91. The van der Waals surface area contributed by atoms with E-state index in [9.17, 15) is 4.79 Å². The molecule has 0 aliphatic carbocycles. The molecular formula is C19H24N2O3. The van der Waals surface area contributed by atoms with Crippen LogP contribution in [0, 0.1) is 0 Å². The first-order valence-corrected chi connectivity index (χ1v) is 8.22. The van der Waals surface area contributed by atoms with Crippen LogP contribution in [0.5, 0.6) is 11.5 Å². The number of aromatic nitrogens is 1. The van der Waals surface area contributed by atoms with E-state index < -0.39 is 0 Å². The summed E-state index contributed by atoms with van der Waals surface area (Å²) in [7, 11) is 1.59. The highest BCUT2D eigenvalue weighted by Crippen LogP contribution is 2.31. The Balaban J connectivity index is 2.00. The average Bonchev–Trinajstić information content (AvgIpc) is 2.61. The number of rotatable bonds is 9. The van der Waals surface area contributed by atoms with Crippen LogP contribution >= 0.6 is 0 Å². The standard InChI is InChI=1S/C19H24N2O3/c1-3-4-5-8-19(22)21-16-9-10-17(23-2)18(12-16)24-14-15-7-6-11-20-13-15/h6-7,9-13H,3-5,8,14H2,1-2H3,(H,21,22). The zero-order valence-corrected chi connectivity index (χ0v) is 14.2. The summed E-state index contributed by atoms with van der Waals surface area (Å²) in [4.78, 5) is 16.0. The van der Waals surface area contributed by atoms with Gasteiger partial charge in [-0.15, -0.1) is 0 Å². The highest BCUT2D eigenvalue weighted by atomic mass is 16.5. The van der Waals surface area contributed by atoms with Gasteiger partial charge < -0.3 is 14.8 Å². The first-order valence-electron chi connectivity index (χ1n) is 8.22. The molecule has 0 atom stereocenters. The van der Waals surface area contributed by atoms with Crippen LogP contribution in [-0.4, -0.2) is 18.0 Å². The van der Waals surface area contributed by atoms with Crippen molar-refractivity contribution in [3.8, 4) is 11.5 Å². The lowest BCUT2D eigenvalue weighted by Gasteiger charge is -2.13. The van der Waals surface area contributed by atoms with E-state index in [1.165, 1.54) is 0 Å². The molecule has 0 fully saturated rings. The maximum atomic E-state index is 11.9. The number of hydrogen-bond acceptors (Lipinski definition) is 4. The van der Waals surface area contributed by atoms with Crippen molar-refractivity contribution in [2.75, 3.05) is 12.4 Å². The Kier molecular flexibility index (Phi) is 7.08. The Morgan fingerprint density at radius 1 is 1.21 bits per heavy atom. The van der Waals surface area contributed by atoms with Crippen molar-refractivity contribution in [3.63, 3.8) is 0 Å². The van der Waals surface area contributed by atoms with E-state index in [0.717, 1.165) is 24.8 Å². The van der Waals surface area contributed by atoms with Crippen LogP contribution < -0.4 is 14.8 Å². The molecule has 5 heteroatoms. The number of benzene rings is 1. The maximum Gasteiger partial charge on any atom is 0.224 e. The predicted molar refractivity (Wildman–Crippen MR) is 94.3 cm³/mol. The Morgan fingerprint density at radius 2 is 2.08 bits per heavy atom. The van der Waals surface area contributed by atoms with Gasteiger partial charge in [0.1, 0.15) is 6.61 Å². The third kappa shape index (κ3) is 5.57. The van der Waals surface area contributed by atoms with E-state index in [4.69, 9.17) is 9.47 Å². The second-order valence-corrected chi connectivity index (χ2v) is 5.52. The summed E-state index contributed by atoms with van der Waals surface area (Å²) in [5.74, 6) is 1.24. The first kappa shape index (κ1) is 17.8. The van der Waals surface area contributed by atoms with Crippen molar-refractivity contribution >= 4 is 11.6 Å². The van der Waals surface area contributed by atoms with Crippen molar-refractivity contribution in [1.82, 2.24) is 4.98 Å². The number of nitrogens with one attached hydrogen (secondary N) is 1. The minimum absolute atomic E-state index is 0.0202. The van der Waals surface area contributed by atoms with Gasteiger partial charge in [0.25, 0.3) is 0 Å². The van der Waals surface area contributed by atoms with Crippen LogP contribution in [0.1, 0.15) is 38.2 Å². The van der Waals surface area contributed by atoms with Crippen LogP contribution in [-0.2, 0) is 11.4 Å². The van der Waals surface area contributed by atoms with E-state index in [-0.39, 0.29) is 5.91 Å². The van der Waals surface area contributed by atoms with Gasteiger partial charge in [-0.2, -0.15) is 0 Å². The predicted octanol–water partition coefficient (Wildman–Crippen LogP) is 4.19. The van der Waals surface area contributed by atoms with Gasteiger partial charge in [-0.3, -0.25) is 9.78 Å². The summed E-state index contributed by atoms with van der Waals surface area (Å²) in [6.45, 7) is 2.51. The quantitative estimate of drug-likeness (QED) is 0.701. The number of methoxy groups -OCH3 is 1. The molecule has 1 amide bonds. The fraction of sp³-hybridized carbons (Fsp3) is 0.368. The fourth-order valence-electron chi connectivity index (χ4n) is 2.27. The number of carbonyl (C=O) groups excluding carboxylic acids is 1. The van der Waals surface area contributed by atoms with E-state index in [1.54, 1.807) is 31.6 Å². The largest absolute Gasteiger partial charge is 0.493 e. The Bertz CT molecular complexity index is 644. The van der Waals surface area contributed by atoms with Gasteiger partial charge in [-0.05, 0) is 24.6 Å². The number of anilines is 1.